The summed E-state index contributed by atoms with van der Waals surface area (Å²) in [5.41, 5.74) is 5.97. The number of carbonyl (C=O) groups is 1. The van der Waals surface area contributed by atoms with Crippen LogP contribution in [0.2, 0.25) is 0 Å². The van der Waals surface area contributed by atoms with Crippen molar-refractivity contribution in [2.75, 3.05) is 13.9 Å². The minimum Gasteiger partial charge on any atom is -0.467 e. The number of hydrogen-bond acceptors (Lipinski definition) is 4. The van der Waals surface area contributed by atoms with Crippen molar-refractivity contribution in [3.63, 3.8) is 0 Å². The van der Waals surface area contributed by atoms with Crippen LogP contribution in [0.1, 0.15) is 18.5 Å². The summed E-state index contributed by atoms with van der Waals surface area (Å²) in [6.07, 6.45) is 0. The lowest BCUT2D eigenvalue weighted by Crippen LogP contribution is -2.20. The smallest absolute Gasteiger partial charge is 0.188 e. The van der Waals surface area contributed by atoms with E-state index in [9.17, 15) is 9.18 Å². The van der Waals surface area contributed by atoms with Gasteiger partial charge >= 0.3 is 0 Å². The Hall–Kier alpha value is -1.46. The second kappa shape index (κ2) is 5.58. The summed E-state index contributed by atoms with van der Waals surface area (Å²) in [4.78, 5) is 11.1. The molecule has 0 fully saturated rings. The van der Waals surface area contributed by atoms with Gasteiger partial charge in [0.25, 0.3) is 0 Å². The molecule has 1 unspecified atom stereocenters. The fourth-order valence-electron chi connectivity index (χ4n) is 1.24. The number of benzene rings is 1. The molecule has 1 aromatic rings. The highest BCUT2D eigenvalue weighted by Crippen LogP contribution is 2.25. The van der Waals surface area contributed by atoms with E-state index in [-0.39, 0.29) is 12.6 Å². The summed E-state index contributed by atoms with van der Waals surface area (Å²) in [7, 11) is 1.47. The predicted molar refractivity (Wildman–Crippen MR) is 56.5 cm³/mol. The highest BCUT2D eigenvalue weighted by Gasteiger charge is 2.17. The van der Waals surface area contributed by atoms with E-state index >= 15 is 0 Å². The number of Topliss-reactive ketones (excluding diaryl/α,β-unsaturated/α-hetero) is 1. The maximum atomic E-state index is 13.0. The molecule has 0 amide bonds. The quantitative estimate of drug-likeness (QED) is 0.772. The first-order valence-electron chi connectivity index (χ1n) is 4.73. The van der Waals surface area contributed by atoms with Gasteiger partial charge in [0.15, 0.2) is 12.6 Å². The van der Waals surface area contributed by atoms with Gasteiger partial charge in [0.1, 0.15) is 11.6 Å². The highest BCUT2D eigenvalue weighted by atomic mass is 19.1. The molecule has 1 rings (SSSR count). The van der Waals surface area contributed by atoms with Gasteiger partial charge in [-0.25, -0.2) is 4.39 Å². The lowest BCUT2D eigenvalue weighted by Gasteiger charge is -2.14. The molecule has 0 heterocycles. The normalized spacial score (nSPS) is 12.2. The molecule has 0 spiro atoms. The Morgan fingerprint density at radius 1 is 1.56 bits per heavy atom. The van der Waals surface area contributed by atoms with Crippen LogP contribution >= 0.6 is 0 Å². The van der Waals surface area contributed by atoms with E-state index in [1.807, 2.05) is 0 Å². The van der Waals surface area contributed by atoms with Gasteiger partial charge in [0.2, 0.25) is 0 Å². The first-order chi connectivity index (χ1) is 7.56. The second-order valence-corrected chi connectivity index (χ2v) is 3.32. The highest BCUT2D eigenvalue weighted by molar-refractivity contribution is 5.83. The lowest BCUT2D eigenvalue weighted by atomic mass is 10.0. The third kappa shape index (κ3) is 3.01. The van der Waals surface area contributed by atoms with Crippen molar-refractivity contribution in [1.82, 2.24) is 0 Å². The number of rotatable bonds is 5. The number of nitrogens with two attached hydrogens (primary N) is 1. The van der Waals surface area contributed by atoms with Crippen LogP contribution in [-0.2, 0) is 9.53 Å². The Balaban J connectivity index is 3.02. The summed E-state index contributed by atoms with van der Waals surface area (Å²) < 4.78 is 23.0. The fraction of sp³-hybridized carbons (Fsp3) is 0.364. The van der Waals surface area contributed by atoms with Gasteiger partial charge in [-0.3, -0.25) is 4.79 Å². The Labute approximate surface area is 93.2 Å². The van der Waals surface area contributed by atoms with E-state index in [0.29, 0.717) is 11.3 Å². The second-order valence-electron chi connectivity index (χ2n) is 3.32. The van der Waals surface area contributed by atoms with E-state index in [4.69, 9.17) is 15.2 Å². The molecule has 0 aromatic heterocycles. The van der Waals surface area contributed by atoms with Gasteiger partial charge in [-0.1, -0.05) is 0 Å². The number of carbonyl (C=O) groups excluding carboxylic acids is 1. The predicted octanol–water partition coefficient (Wildman–Crippen LogP) is 1.40. The number of halogens is 1. The molecule has 5 heteroatoms. The van der Waals surface area contributed by atoms with Crippen LogP contribution in [0.25, 0.3) is 0 Å². The van der Waals surface area contributed by atoms with Gasteiger partial charge < -0.3 is 15.2 Å². The summed E-state index contributed by atoms with van der Waals surface area (Å²) in [5.74, 6) is -0.365. The van der Waals surface area contributed by atoms with Gasteiger partial charge in [-0.2, -0.15) is 0 Å². The molecule has 0 bridgehead atoms. The first-order valence-corrected chi connectivity index (χ1v) is 4.73. The molecule has 4 nitrogen and oxygen atoms in total. The zero-order valence-electron chi connectivity index (χ0n) is 9.20. The largest absolute Gasteiger partial charge is 0.467 e. The molecule has 88 valence electrons. The van der Waals surface area contributed by atoms with Crippen LogP contribution in [0.4, 0.5) is 4.39 Å². The minimum atomic E-state index is -0.887. The van der Waals surface area contributed by atoms with E-state index in [2.05, 4.69) is 0 Å². The van der Waals surface area contributed by atoms with Crippen LogP contribution in [0.3, 0.4) is 0 Å². The Bertz CT molecular complexity index is 381. The molecule has 1 atom stereocenters. The van der Waals surface area contributed by atoms with Crippen molar-refractivity contribution in [1.29, 1.82) is 0 Å². The van der Waals surface area contributed by atoms with Crippen molar-refractivity contribution in [3.8, 4) is 5.75 Å². The molecule has 16 heavy (non-hydrogen) atoms. The van der Waals surface area contributed by atoms with Gasteiger partial charge in [-0.15, -0.1) is 0 Å². The molecule has 0 saturated carbocycles. The van der Waals surface area contributed by atoms with Crippen molar-refractivity contribution >= 4 is 5.78 Å². The monoisotopic (exact) mass is 227 g/mol. The van der Waals surface area contributed by atoms with Crippen molar-refractivity contribution in [2.45, 2.75) is 13.0 Å². The summed E-state index contributed by atoms with van der Waals surface area (Å²) in [6.45, 7) is 1.36. The van der Waals surface area contributed by atoms with Crippen LogP contribution in [0, 0.1) is 5.82 Å². The number of ketones is 1. The summed E-state index contributed by atoms with van der Waals surface area (Å²) >= 11 is 0. The van der Waals surface area contributed by atoms with Gasteiger partial charge in [0, 0.05) is 12.7 Å². The van der Waals surface area contributed by atoms with E-state index in [1.54, 1.807) is 0 Å². The molecule has 1 aromatic carbocycles. The van der Waals surface area contributed by atoms with Gasteiger partial charge in [0.05, 0.1) is 6.04 Å². The first kappa shape index (κ1) is 12.6. The molecular weight excluding hydrogens is 213 g/mol. The standard InChI is InChI=1S/C11H14FNO3/c1-7(14)11(13)9-5-8(12)3-4-10(9)16-6-15-2/h3-5,11H,6,13H2,1-2H3. The van der Waals surface area contributed by atoms with Crippen molar-refractivity contribution in [3.05, 3.63) is 29.6 Å². The third-order valence-corrected chi connectivity index (χ3v) is 2.08. The average molecular weight is 227 g/mol. The molecule has 0 aliphatic carbocycles. The van der Waals surface area contributed by atoms with Crippen molar-refractivity contribution in [2.24, 2.45) is 5.73 Å². The molecule has 0 radical (unpaired) electrons. The van der Waals surface area contributed by atoms with Gasteiger partial charge in [-0.05, 0) is 25.1 Å². The maximum Gasteiger partial charge on any atom is 0.188 e. The lowest BCUT2D eigenvalue weighted by molar-refractivity contribution is -0.118. The van der Waals surface area contributed by atoms with Crippen LogP contribution in [0.5, 0.6) is 5.75 Å². The molecule has 0 saturated heterocycles. The van der Waals surface area contributed by atoms with E-state index in [1.165, 1.54) is 32.2 Å². The van der Waals surface area contributed by atoms with E-state index < -0.39 is 11.9 Å². The van der Waals surface area contributed by atoms with Crippen LogP contribution < -0.4 is 10.5 Å². The summed E-state index contributed by atoms with van der Waals surface area (Å²) in [6, 6.07) is 2.97. The topological polar surface area (TPSA) is 61.6 Å². The Kier molecular flexibility index (Phi) is 4.39. The number of ether oxygens (including phenoxy) is 2. The van der Waals surface area contributed by atoms with E-state index in [0.717, 1.165) is 0 Å². The van der Waals surface area contributed by atoms with Crippen LogP contribution in [0.15, 0.2) is 18.2 Å². The Morgan fingerprint density at radius 3 is 2.81 bits per heavy atom. The zero-order chi connectivity index (χ0) is 12.1. The molecule has 0 aliphatic rings. The summed E-state index contributed by atoms with van der Waals surface area (Å²) in [5, 5.41) is 0. The van der Waals surface area contributed by atoms with Crippen molar-refractivity contribution < 1.29 is 18.7 Å². The van der Waals surface area contributed by atoms with Crippen LogP contribution in [-0.4, -0.2) is 19.7 Å². The Morgan fingerprint density at radius 2 is 2.25 bits per heavy atom. The number of hydrogen-bond donors (Lipinski definition) is 1. The fourth-order valence-corrected chi connectivity index (χ4v) is 1.24. The molecule has 0 aliphatic heterocycles. The minimum absolute atomic E-state index is 0.0171. The maximum absolute atomic E-state index is 13.0. The number of methoxy groups -OCH3 is 1. The average Bonchev–Trinajstić information content (AvgIpc) is 2.26. The zero-order valence-corrected chi connectivity index (χ0v) is 9.20. The SMILES string of the molecule is COCOc1ccc(F)cc1C(N)C(C)=O. The molecular formula is C11H14FNO3. The third-order valence-electron chi connectivity index (χ3n) is 2.08. The molecule has 2 N–H and O–H groups in total.